The fourth-order valence-electron chi connectivity index (χ4n) is 0.471. The van der Waals surface area contributed by atoms with Gasteiger partial charge in [0.1, 0.15) is 0 Å². The van der Waals surface area contributed by atoms with E-state index in [1.54, 1.807) is 0 Å². The summed E-state index contributed by atoms with van der Waals surface area (Å²) in [4.78, 5) is 0. The maximum Gasteiger partial charge on any atom is 0 e. The van der Waals surface area contributed by atoms with E-state index in [4.69, 9.17) is 5.73 Å². The van der Waals surface area contributed by atoms with Crippen molar-refractivity contribution in [3.63, 3.8) is 0 Å². The van der Waals surface area contributed by atoms with Gasteiger partial charge in [0.2, 0.25) is 0 Å². The molecule has 2 heteroatoms. The van der Waals surface area contributed by atoms with E-state index in [-0.39, 0.29) is 25.5 Å². The first kappa shape index (κ1) is 11.4. The van der Waals surface area contributed by atoms with Crippen molar-refractivity contribution >= 4 is 0 Å². The summed E-state index contributed by atoms with van der Waals surface area (Å²) in [6, 6.07) is 0.153. The van der Waals surface area contributed by atoms with Gasteiger partial charge in [-0.3, -0.25) is 0 Å². The topological polar surface area (TPSA) is 23.8 Å². The molecular formula is C6H14NRh-. The Morgan fingerprint density at radius 2 is 1.75 bits per heavy atom. The van der Waals surface area contributed by atoms with Crippen LogP contribution in [-0.2, 0) is 19.5 Å². The molecule has 0 saturated carbocycles. The van der Waals surface area contributed by atoms with Crippen molar-refractivity contribution in [2.75, 3.05) is 0 Å². The van der Waals surface area contributed by atoms with Gasteiger partial charge in [0.25, 0.3) is 0 Å². The van der Waals surface area contributed by atoms with Crippen LogP contribution in [0.4, 0.5) is 0 Å². The SMILES string of the molecule is CCC([NH-])C(C)C.[Rh]. The van der Waals surface area contributed by atoms with Crippen molar-refractivity contribution in [3.8, 4) is 0 Å². The van der Waals surface area contributed by atoms with Crippen molar-refractivity contribution in [1.82, 2.24) is 0 Å². The minimum absolute atomic E-state index is 0. The second kappa shape index (κ2) is 5.72. The first-order valence-corrected chi connectivity index (χ1v) is 2.89. The van der Waals surface area contributed by atoms with E-state index in [0.29, 0.717) is 5.92 Å². The maximum absolute atomic E-state index is 7.28. The zero-order chi connectivity index (χ0) is 5.86. The van der Waals surface area contributed by atoms with Gasteiger partial charge in [-0.05, 0) is 0 Å². The normalized spacial score (nSPS) is 13.1. The predicted molar refractivity (Wildman–Crippen MR) is 33.2 cm³/mol. The molecule has 1 N–H and O–H groups in total. The first-order chi connectivity index (χ1) is 3.18. The maximum atomic E-state index is 7.28. The van der Waals surface area contributed by atoms with Crippen LogP contribution in [0.3, 0.4) is 0 Å². The Morgan fingerprint density at radius 1 is 1.38 bits per heavy atom. The number of nitrogens with one attached hydrogen (secondary N) is 1. The van der Waals surface area contributed by atoms with Gasteiger partial charge in [0, 0.05) is 19.5 Å². The molecule has 0 aromatic heterocycles. The largest absolute Gasteiger partial charge is 0.674 e. The van der Waals surface area contributed by atoms with E-state index in [9.17, 15) is 0 Å². The standard InChI is InChI=1S/C6H14N.Rh/c1-4-6(7)5(2)3;/h5-7H,4H2,1-3H3;/q-1;. The third kappa shape index (κ3) is 4.74. The summed E-state index contributed by atoms with van der Waals surface area (Å²) in [6.45, 7) is 6.22. The third-order valence-corrected chi connectivity index (χ3v) is 1.24. The van der Waals surface area contributed by atoms with Crippen LogP contribution in [0.2, 0.25) is 0 Å². The summed E-state index contributed by atoms with van der Waals surface area (Å²) in [5.74, 6) is 0.532. The van der Waals surface area contributed by atoms with Gasteiger partial charge < -0.3 is 5.73 Å². The van der Waals surface area contributed by atoms with Crippen molar-refractivity contribution in [2.24, 2.45) is 5.92 Å². The van der Waals surface area contributed by atoms with Gasteiger partial charge in [-0.2, -0.15) is 0 Å². The number of hydrogen-bond donors (Lipinski definition) is 0. The molecule has 0 bridgehead atoms. The molecule has 0 aliphatic heterocycles. The average molecular weight is 203 g/mol. The van der Waals surface area contributed by atoms with E-state index in [0.717, 1.165) is 6.42 Å². The molecule has 0 fully saturated rings. The second-order valence-corrected chi connectivity index (χ2v) is 2.26. The molecule has 0 aromatic rings. The quantitative estimate of drug-likeness (QED) is 0.615. The molecule has 0 heterocycles. The summed E-state index contributed by atoms with van der Waals surface area (Å²) < 4.78 is 0. The Labute approximate surface area is 64.8 Å². The van der Waals surface area contributed by atoms with Crippen LogP contribution in [0.5, 0.6) is 0 Å². The smallest absolute Gasteiger partial charge is 0 e. The zero-order valence-corrected chi connectivity index (χ0v) is 7.33. The Bertz CT molecular complexity index is 45.8. The monoisotopic (exact) mass is 203 g/mol. The molecular weight excluding hydrogens is 189 g/mol. The summed E-state index contributed by atoms with van der Waals surface area (Å²) in [5, 5.41) is 0. The number of rotatable bonds is 2. The molecule has 1 radical (unpaired) electrons. The third-order valence-electron chi connectivity index (χ3n) is 1.24. The van der Waals surface area contributed by atoms with Crippen molar-refractivity contribution in [1.29, 1.82) is 0 Å². The first-order valence-electron chi connectivity index (χ1n) is 2.89. The Kier molecular flexibility index (Phi) is 8.14. The molecule has 1 nitrogen and oxygen atoms in total. The Hall–Kier alpha value is 0.583. The summed E-state index contributed by atoms with van der Waals surface area (Å²) in [6.07, 6.45) is 0.984. The second-order valence-electron chi connectivity index (χ2n) is 2.26. The predicted octanol–water partition coefficient (Wildman–Crippen LogP) is 2.47. The van der Waals surface area contributed by atoms with Crippen LogP contribution in [0.15, 0.2) is 0 Å². The molecule has 1 unspecified atom stereocenters. The Morgan fingerprint density at radius 3 is 1.75 bits per heavy atom. The van der Waals surface area contributed by atoms with Crippen molar-refractivity contribution in [2.45, 2.75) is 33.2 Å². The fourth-order valence-corrected chi connectivity index (χ4v) is 0.471. The molecule has 1 atom stereocenters. The van der Waals surface area contributed by atoms with Crippen molar-refractivity contribution < 1.29 is 19.5 Å². The minimum atomic E-state index is 0. The van der Waals surface area contributed by atoms with E-state index < -0.39 is 0 Å². The van der Waals surface area contributed by atoms with Gasteiger partial charge in [-0.15, -0.1) is 6.04 Å². The van der Waals surface area contributed by atoms with Crippen LogP contribution in [0.1, 0.15) is 27.2 Å². The van der Waals surface area contributed by atoms with Gasteiger partial charge in [-0.25, -0.2) is 0 Å². The van der Waals surface area contributed by atoms with Crippen LogP contribution >= 0.6 is 0 Å². The van der Waals surface area contributed by atoms with Crippen molar-refractivity contribution in [3.05, 3.63) is 5.73 Å². The van der Waals surface area contributed by atoms with E-state index >= 15 is 0 Å². The molecule has 53 valence electrons. The summed E-state index contributed by atoms with van der Waals surface area (Å²) in [5.41, 5.74) is 7.28. The van der Waals surface area contributed by atoms with Gasteiger partial charge >= 0.3 is 0 Å². The molecule has 0 spiro atoms. The number of hydrogen-bond acceptors (Lipinski definition) is 0. The molecule has 0 rings (SSSR count). The molecule has 0 aliphatic rings. The molecule has 0 saturated heterocycles. The zero-order valence-electron chi connectivity index (χ0n) is 5.70. The van der Waals surface area contributed by atoms with Crippen LogP contribution in [0.25, 0.3) is 5.73 Å². The Balaban J connectivity index is 0. The van der Waals surface area contributed by atoms with Crippen LogP contribution < -0.4 is 0 Å². The summed E-state index contributed by atoms with van der Waals surface area (Å²) >= 11 is 0. The van der Waals surface area contributed by atoms with E-state index in [1.165, 1.54) is 0 Å². The van der Waals surface area contributed by atoms with Crippen LogP contribution in [-0.4, -0.2) is 6.04 Å². The van der Waals surface area contributed by atoms with Gasteiger partial charge in [0.15, 0.2) is 0 Å². The van der Waals surface area contributed by atoms with Crippen LogP contribution in [0, 0.1) is 5.92 Å². The van der Waals surface area contributed by atoms with E-state index in [2.05, 4.69) is 20.8 Å². The summed E-state index contributed by atoms with van der Waals surface area (Å²) in [7, 11) is 0. The van der Waals surface area contributed by atoms with Gasteiger partial charge in [0.05, 0.1) is 0 Å². The van der Waals surface area contributed by atoms with E-state index in [1.807, 2.05) is 0 Å². The fraction of sp³-hybridized carbons (Fsp3) is 1.00. The minimum Gasteiger partial charge on any atom is -0.674 e. The van der Waals surface area contributed by atoms with Gasteiger partial charge in [-0.1, -0.05) is 33.1 Å². The molecule has 8 heavy (non-hydrogen) atoms. The molecule has 0 aliphatic carbocycles. The molecule has 0 amide bonds. The average Bonchev–Trinajstić information content (AvgIpc) is 1.65. The molecule has 0 aromatic carbocycles.